The molecule has 1 unspecified atom stereocenters. The van der Waals surface area contributed by atoms with Gasteiger partial charge in [0.1, 0.15) is 12.6 Å². The molecule has 0 aromatic carbocycles. The first-order valence-electron chi connectivity index (χ1n) is 5.12. The van der Waals surface area contributed by atoms with Crippen LogP contribution in [0.3, 0.4) is 0 Å². The van der Waals surface area contributed by atoms with Crippen LogP contribution >= 0.6 is 0 Å². The maximum Gasteiger partial charge on any atom is 0.246 e. The van der Waals surface area contributed by atoms with Crippen molar-refractivity contribution in [3.8, 4) is 0 Å². The van der Waals surface area contributed by atoms with Gasteiger partial charge in [-0.2, -0.15) is 0 Å². The standard InChI is InChI=1S/C11H16N2O4/c1-9(8-15)12-10(16)5-6-13(2)11(17)4-3-7-14/h3-4,7-9H,5-6H2,1-2H3,(H,12,16)/b4-3-. The van der Waals surface area contributed by atoms with E-state index < -0.39 is 6.04 Å². The molecule has 1 N–H and O–H groups in total. The van der Waals surface area contributed by atoms with Crippen molar-refractivity contribution < 1.29 is 19.2 Å². The molecule has 17 heavy (non-hydrogen) atoms. The van der Waals surface area contributed by atoms with E-state index >= 15 is 0 Å². The second-order valence-corrected chi connectivity index (χ2v) is 3.50. The fraction of sp³-hybridized carbons (Fsp3) is 0.455. The Kier molecular flexibility index (Phi) is 7.25. The number of carbonyl (C=O) groups excluding carboxylic acids is 4. The summed E-state index contributed by atoms with van der Waals surface area (Å²) in [6.07, 6.45) is 3.45. The second-order valence-electron chi connectivity index (χ2n) is 3.50. The van der Waals surface area contributed by atoms with Gasteiger partial charge in [-0.1, -0.05) is 0 Å². The number of nitrogens with one attached hydrogen (secondary N) is 1. The first-order chi connectivity index (χ1) is 8.01. The molecule has 0 aliphatic heterocycles. The SMILES string of the molecule is CC(C=O)NC(=O)CCN(C)C(=O)/C=C\C=O. The van der Waals surface area contributed by atoms with Crippen LogP contribution in [-0.4, -0.2) is 48.9 Å². The fourth-order valence-electron chi connectivity index (χ4n) is 0.988. The van der Waals surface area contributed by atoms with Gasteiger partial charge in [0.05, 0.1) is 6.04 Å². The molecule has 0 fully saturated rings. The Bertz CT molecular complexity index is 325. The number of hydrogen-bond acceptors (Lipinski definition) is 4. The molecular formula is C11H16N2O4. The van der Waals surface area contributed by atoms with Crippen LogP contribution in [0.2, 0.25) is 0 Å². The van der Waals surface area contributed by atoms with Crippen molar-refractivity contribution in [3.05, 3.63) is 12.2 Å². The van der Waals surface area contributed by atoms with Crippen molar-refractivity contribution >= 4 is 24.4 Å². The van der Waals surface area contributed by atoms with E-state index in [1.54, 1.807) is 6.92 Å². The molecule has 0 aliphatic carbocycles. The Morgan fingerprint density at radius 2 is 2.00 bits per heavy atom. The average Bonchev–Trinajstić information content (AvgIpc) is 2.32. The van der Waals surface area contributed by atoms with E-state index in [9.17, 15) is 19.2 Å². The summed E-state index contributed by atoms with van der Waals surface area (Å²) in [5.41, 5.74) is 0. The number of amides is 2. The third kappa shape index (κ3) is 6.99. The predicted molar refractivity (Wildman–Crippen MR) is 61.1 cm³/mol. The summed E-state index contributed by atoms with van der Waals surface area (Å²) < 4.78 is 0. The minimum absolute atomic E-state index is 0.106. The van der Waals surface area contributed by atoms with Crippen LogP contribution in [0, 0.1) is 0 Å². The Hall–Kier alpha value is -1.98. The van der Waals surface area contributed by atoms with Gasteiger partial charge in [-0.25, -0.2) is 0 Å². The van der Waals surface area contributed by atoms with E-state index in [2.05, 4.69) is 5.32 Å². The Labute approximate surface area is 99.7 Å². The van der Waals surface area contributed by atoms with Gasteiger partial charge in [0.2, 0.25) is 11.8 Å². The lowest BCUT2D eigenvalue weighted by molar-refractivity contribution is -0.127. The van der Waals surface area contributed by atoms with Crippen LogP contribution in [0.15, 0.2) is 12.2 Å². The van der Waals surface area contributed by atoms with Crippen LogP contribution in [0.25, 0.3) is 0 Å². The molecule has 0 spiro atoms. The van der Waals surface area contributed by atoms with Crippen LogP contribution in [0.1, 0.15) is 13.3 Å². The minimum Gasteiger partial charge on any atom is -0.347 e. The zero-order chi connectivity index (χ0) is 13.3. The van der Waals surface area contributed by atoms with E-state index in [-0.39, 0.29) is 24.8 Å². The number of carbonyl (C=O) groups is 4. The average molecular weight is 240 g/mol. The molecule has 0 rings (SSSR count). The quantitative estimate of drug-likeness (QED) is 0.471. The Balaban J connectivity index is 3.98. The highest BCUT2D eigenvalue weighted by Gasteiger charge is 2.09. The van der Waals surface area contributed by atoms with Gasteiger partial charge in [-0.3, -0.25) is 14.4 Å². The zero-order valence-electron chi connectivity index (χ0n) is 9.88. The van der Waals surface area contributed by atoms with Gasteiger partial charge >= 0.3 is 0 Å². The zero-order valence-corrected chi connectivity index (χ0v) is 9.88. The molecule has 0 saturated carbocycles. The van der Waals surface area contributed by atoms with E-state index in [4.69, 9.17) is 0 Å². The molecule has 0 aromatic rings. The molecule has 0 aliphatic rings. The highest BCUT2D eigenvalue weighted by atomic mass is 16.2. The number of hydrogen-bond donors (Lipinski definition) is 1. The van der Waals surface area contributed by atoms with Crippen LogP contribution in [0.4, 0.5) is 0 Å². The van der Waals surface area contributed by atoms with Crippen LogP contribution in [0.5, 0.6) is 0 Å². The van der Waals surface area contributed by atoms with Gasteiger partial charge < -0.3 is 15.0 Å². The lowest BCUT2D eigenvalue weighted by Gasteiger charge is -2.15. The lowest BCUT2D eigenvalue weighted by atomic mass is 10.3. The summed E-state index contributed by atoms with van der Waals surface area (Å²) >= 11 is 0. The second kappa shape index (κ2) is 8.20. The fourth-order valence-corrected chi connectivity index (χ4v) is 0.988. The Morgan fingerprint density at radius 3 is 2.53 bits per heavy atom. The summed E-state index contributed by atoms with van der Waals surface area (Å²) in [5, 5.41) is 2.45. The number of rotatable bonds is 7. The van der Waals surface area contributed by atoms with E-state index in [1.165, 1.54) is 11.9 Å². The van der Waals surface area contributed by atoms with E-state index in [1.807, 2.05) is 0 Å². The topological polar surface area (TPSA) is 83.6 Å². The summed E-state index contributed by atoms with van der Waals surface area (Å²) in [6.45, 7) is 1.78. The largest absolute Gasteiger partial charge is 0.347 e. The maximum atomic E-state index is 11.3. The third-order valence-electron chi connectivity index (χ3n) is 1.96. The van der Waals surface area contributed by atoms with Gasteiger partial charge in [0.15, 0.2) is 0 Å². The van der Waals surface area contributed by atoms with Crippen molar-refractivity contribution in [1.82, 2.24) is 10.2 Å². The molecule has 0 aromatic heterocycles. The molecule has 6 nitrogen and oxygen atoms in total. The number of aldehydes is 2. The molecule has 2 amide bonds. The molecule has 94 valence electrons. The van der Waals surface area contributed by atoms with Crippen LogP contribution < -0.4 is 5.32 Å². The molecular weight excluding hydrogens is 224 g/mol. The van der Waals surface area contributed by atoms with Crippen molar-refractivity contribution in [2.24, 2.45) is 0 Å². The molecule has 6 heteroatoms. The van der Waals surface area contributed by atoms with Crippen molar-refractivity contribution in [3.63, 3.8) is 0 Å². The van der Waals surface area contributed by atoms with Crippen molar-refractivity contribution in [2.75, 3.05) is 13.6 Å². The summed E-state index contributed by atoms with van der Waals surface area (Å²) in [5.74, 6) is -0.656. The maximum absolute atomic E-state index is 11.3. The normalized spacial score (nSPS) is 11.9. The van der Waals surface area contributed by atoms with Gasteiger partial charge in [0, 0.05) is 26.1 Å². The van der Waals surface area contributed by atoms with Gasteiger partial charge in [-0.05, 0) is 13.0 Å². The van der Waals surface area contributed by atoms with Crippen molar-refractivity contribution in [1.29, 1.82) is 0 Å². The summed E-state index contributed by atoms with van der Waals surface area (Å²) in [7, 11) is 1.52. The van der Waals surface area contributed by atoms with Gasteiger partial charge in [0.25, 0.3) is 0 Å². The first-order valence-corrected chi connectivity index (χ1v) is 5.12. The smallest absolute Gasteiger partial charge is 0.246 e. The Morgan fingerprint density at radius 1 is 1.35 bits per heavy atom. The number of nitrogens with zero attached hydrogens (tertiary/aromatic N) is 1. The van der Waals surface area contributed by atoms with E-state index in [0.717, 1.165) is 12.2 Å². The number of likely N-dealkylation sites (N-methyl/N-ethyl adjacent to an activating group) is 1. The molecule has 0 saturated heterocycles. The number of allylic oxidation sites excluding steroid dienone is 1. The first kappa shape index (κ1) is 15.0. The van der Waals surface area contributed by atoms with E-state index in [0.29, 0.717) is 12.6 Å². The summed E-state index contributed by atoms with van der Waals surface area (Å²) in [6, 6.07) is -0.529. The molecule has 0 radical (unpaired) electrons. The molecule has 1 atom stereocenters. The minimum atomic E-state index is -0.529. The molecule has 0 bridgehead atoms. The highest BCUT2D eigenvalue weighted by Crippen LogP contribution is 1.91. The molecule has 0 heterocycles. The monoisotopic (exact) mass is 240 g/mol. The lowest BCUT2D eigenvalue weighted by Crippen LogP contribution is -2.36. The predicted octanol–water partition coefficient (Wildman–Crippen LogP) is -0.706. The van der Waals surface area contributed by atoms with Crippen LogP contribution in [-0.2, 0) is 19.2 Å². The van der Waals surface area contributed by atoms with Crippen molar-refractivity contribution in [2.45, 2.75) is 19.4 Å². The summed E-state index contributed by atoms with van der Waals surface area (Å²) in [4.78, 5) is 44.1. The van der Waals surface area contributed by atoms with Gasteiger partial charge in [-0.15, -0.1) is 0 Å². The third-order valence-corrected chi connectivity index (χ3v) is 1.96. The highest BCUT2D eigenvalue weighted by molar-refractivity contribution is 5.91.